The highest BCUT2D eigenvalue weighted by Crippen LogP contribution is 2.30. The average Bonchev–Trinajstić information content (AvgIpc) is 2.81. The smallest absolute Gasteiger partial charge is 0.0384 e. The average molecular weight is 450 g/mol. The lowest BCUT2D eigenvalue weighted by atomic mass is 9.97. The predicted octanol–water partition coefficient (Wildman–Crippen LogP) is 8.68. The summed E-state index contributed by atoms with van der Waals surface area (Å²) in [5, 5.41) is 5.98. The minimum absolute atomic E-state index is 1.07. The van der Waals surface area contributed by atoms with E-state index in [9.17, 15) is 0 Å². The quantitative estimate of drug-likeness (QED) is 0.289. The molecule has 5 aromatic carbocycles. The van der Waals surface area contributed by atoms with Crippen LogP contribution in [0.2, 0.25) is 0 Å². The summed E-state index contributed by atoms with van der Waals surface area (Å²) in [6.07, 6.45) is 0. The normalized spacial score (nSPS) is 10.8. The van der Waals surface area contributed by atoms with Crippen LogP contribution in [0, 0.1) is 0 Å². The standard InChI is InChI=1S/C28H20BrN/c29-26-12-16-28(17-13-26)30-27-14-10-21(11-15-27)23-6-3-7-24(18-23)25-9-8-20-4-1-2-5-22(20)19-25/h1-19,30H. The fraction of sp³-hybridized carbons (Fsp3) is 0. The lowest BCUT2D eigenvalue weighted by Gasteiger charge is -2.10. The molecule has 2 heteroatoms. The summed E-state index contributed by atoms with van der Waals surface area (Å²) >= 11 is 3.47. The molecule has 0 unspecified atom stereocenters. The van der Waals surface area contributed by atoms with E-state index >= 15 is 0 Å². The van der Waals surface area contributed by atoms with Gasteiger partial charge in [0.05, 0.1) is 0 Å². The number of hydrogen-bond donors (Lipinski definition) is 1. The van der Waals surface area contributed by atoms with E-state index in [4.69, 9.17) is 0 Å². The molecule has 5 aromatic rings. The van der Waals surface area contributed by atoms with Crippen LogP contribution in [0.4, 0.5) is 11.4 Å². The Hall–Kier alpha value is -3.36. The van der Waals surface area contributed by atoms with Gasteiger partial charge in [-0.3, -0.25) is 0 Å². The molecule has 1 N–H and O–H groups in total. The van der Waals surface area contributed by atoms with Gasteiger partial charge < -0.3 is 5.32 Å². The zero-order valence-corrected chi connectivity index (χ0v) is 17.9. The van der Waals surface area contributed by atoms with Crippen LogP contribution in [0.1, 0.15) is 0 Å². The molecule has 0 aliphatic rings. The first-order valence-electron chi connectivity index (χ1n) is 9.97. The summed E-state index contributed by atoms with van der Waals surface area (Å²) in [6, 6.07) is 40.7. The Morgan fingerprint density at radius 2 is 1.00 bits per heavy atom. The Morgan fingerprint density at radius 1 is 0.433 bits per heavy atom. The van der Waals surface area contributed by atoms with Crippen LogP contribution >= 0.6 is 15.9 Å². The van der Waals surface area contributed by atoms with Crippen molar-refractivity contribution in [1.29, 1.82) is 0 Å². The maximum atomic E-state index is 3.47. The number of rotatable bonds is 4. The summed E-state index contributed by atoms with van der Waals surface area (Å²) < 4.78 is 1.08. The van der Waals surface area contributed by atoms with E-state index in [1.54, 1.807) is 0 Å². The second kappa shape index (κ2) is 8.17. The number of halogens is 1. The molecule has 0 aromatic heterocycles. The lowest BCUT2D eigenvalue weighted by Crippen LogP contribution is -1.89. The molecule has 0 amide bonds. The van der Waals surface area contributed by atoms with Gasteiger partial charge in [0.1, 0.15) is 0 Å². The van der Waals surface area contributed by atoms with Crippen LogP contribution in [0.15, 0.2) is 120 Å². The van der Waals surface area contributed by atoms with Gasteiger partial charge in [0, 0.05) is 15.8 Å². The van der Waals surface area contributed by atoms with Crippen molar-refractivity contribution in [3.8, 4) is 22.3 Å². The van der Waals surface area contributed by atoms with E-state index in [-0.39, 0.29) is 0 Å². The van der Waals surface area contributed by atoms with E-state index in [0.717, 1.165) is 15.8 Å². The highest BCUT2D eigenvalue weighted by atomic mass is 79.9. The van der Waals surface area contributed by atoms with Crippen molar-refractivity contribution in [2.45, 2.75) is 0 Å². The van der Waals surface area contributed by atoms with Gasteiger partial charge in [-0.2, -0.15) is 0 Å². The molecule has 0 saturated carbocycles. The molecular formula is C28H20BrN. The largest absolute Gasteiger partial charge is 0.356 e. The van der Waals surface area contributed by atoms with Crippen LogP contribution in [0.25, 0.3) is 33.0 Å². The molecule has 0 fully saturated rings. The maximum absolute atomic E-state index is 3.47. The topological polar surface area (TPSA) is 12.0 Å². The van der Waals surface area contributed by atoms with Crippen molar-refractivity contribution in [1.82, 2.24) is 0 Å². The number of anilines is 2. The fourth-order valence-corrected chi connectivity index (χ4v) is 3.96. The minimum atomic E-state index is 1.07. The third kappa shape index (κ3) is 4.00. The van der Waals surface area contributed by atoms with E-state index in [1.807, 2.05) is 12.1 Å². The van der Waals surface area contributed by atoms with E-state index in [1.165, 1.54) is 33.0 Å². The number of nitrogens with one attached hydrogen (secondary N) is 1. The van der Waals surface area contributed by atoms with Gasteiger partial charge in [0.25, 0.3) is 0 Å². The van der Waals surface area contributed by atoms with Crippen LogP contribution in [0.5, 0.6) is 0 Å². The molecule has 30 heavy (non-hydrogen) atoms. The molecule has 0 atom stereocenters. The first-order valence-corrected chi connectivity index (χ1v) is 10.8. The highest BCUT2D eigenvalue weighted by molar-refractivity contribution is 9.10. The van der Waals surface area contributed by atoms with Crippen molar-refractivity contribution >= 4 is 38.1 Å². The zero-order chi connectivity index (χ0) is 20.3. The Balaban J connectivity index is 1.41. The van der Waals surface area contributed by atoms with Crippen molar-refractivity contribution < 1.29 is 0 Å². The minimum Gasteiger partial charge on any atom is -0.356 e. The molecule has 0 radical (unpaired) electrons. The number of benzene rings is 5. The van der Waals surface area contributed by atoms with E-state index in [2.05, 4.69) is 124 Å². The van der Waals surface area contributed by atoms with Crippen LogP contribution in [0.3, 0.4) is 0 Å². The van der Waals surface area contributed by atoms with Gasteiger partial charge in [-0.05, 0) is 81.6 Å². The second-order valence-corrected chi connectivity index (χ2v) is 8.27. The first-order chi connectivity index (χ1) is 14.7. The van der Waals surface area contributed by atoms with Gasteiger partial charge in [-0.25, -0.2) is 0 Å². The summed E-state index contributed by atoms with van der Waals surface area (Å²) in [7, 11) is 0. The first kappa shape index (κ1) is 18.7. The van der Waals surface area contributed by atoms with E-state index in [0.29, 0.717) is 0 Å². The molecule has 0 heterocycles. The molecular weight excluding hydrogens is 430 g/mol. The van der Waals surface area contributed by atoms with Crippen molar-refractivity contribution in [2.24, 2.45) is 0 Å². The summed E-state index contributed by atoms with van der Waals surface area (Å²) in [5.74, 6) is 0. The molecule has 5 rings (SSSR count). The van der Waals surface area contributed by atoms with Gasteiger partial charge in [0.15, 0.2) is 0 Å². The SMILES string of the molecule is Brc1ccc(Nc2ccc(-c3cccc(-c4ccc5ccccc5c4)c3)cc2)cc1. The second-order valence-electron chi connectivity index (χ2n) is 7.35. The van der Waals surface area contributed by atoms with Gasteiger partial charge in [-0.15, -0.1) is 0 Å². The van der Waals surface area contributed by atoms with Crippen LogP contribution < -0.4 is 5.32 Å². The van der Waals surface area contributed by atoms with Gasteiger partial charge in [-0.1, -0.05) is 82.7 Å². The van der Waals surface area contributed by atoms with E-state index < -0.39 is 0 Å². The summed E-state index contributed by atoms with van der Waals surface area (Å²) in [5.41, 5.74) is 7.05. The molecule has 144 valence electrons. The Morgan fingerprint density at radius 3 is 1.73 bits per heavy atom. The third-order valence-corrected chi connectivity index (χ3v) is 5.83. The summed E-state index contributed by atoms with van der Waals surface area (Å²) in [6.45, 7) is 0. The highest BCUT2D eigenvalue weighted by Gasteiger charge is 2.04. The number of fused-ring (bicyclic) bond motifs is 1. The number of hydrogen-bond acceptors (Lipinski definition) is 1. The maximum Gasteiger partial charge on any atom is 0.0384 e. The Bertz CT molecular complexity index is 1300. The van der Waals surface area contributed by atoms with Crippen LogP contribution in [-0.4, -0.2) is 0 Å². The van der Waals surface area contributed by atoms with Gasteiger partial charge in [0.2, 0.25) is 0 Å². The lowest BCUT2D eigenvalue weighted by molar-refractivity contribution is 1.53. The zero-order valence-electron chi connectivity index (χ0n) is 16.3. The molecule has 0 aliphatic heterocycles. The van der Waals surface area contributed by atoms with Crippen molar-refractivity contribution in [2.75, 3.05) is 5.32 Å². The molecule has 0 bridgehead atoms. The van der Waals surface area contributed by atoms with Crippen LogP contribution in [-0.2, 0) is 0 Å². The third-order valence-electron chi connectivity index (χ3n) is 5.30. The molecule has 0 aliphatic carbocycles. The molecule has 0 spiro atoms. The summed E-state index contributed by atoms with van der Waals surface area (Å²) in [4.78, 5) is 0. The molecule has 0 saturated heterocycles. The monoisotopic (exact) mass is 449 g/mol. The fourth-order valence-electron chi connectivity index (χ4n) is 3.69. The Kier molecular flexibility index (Phi) is 5.08. The van der Waals surface area contributed by atoms with Gasteiger partial charge >= 0.3 is 0 Å². The molecule has 1 nitrogen and oxygen atoms in total. The predicted molar refractivity (Wildman–Crippen MR) is 132 cm³/mol. The van der Waals surface area contributed by atoms with Crippen molar-refractivity contribution in [3.05, 3.63) is 120 Å². The Labute approximate surface area is 185 Å². The van der Waals surface area contributed by atoms with Crippen molar-refractivity contribution in [3.63, 3.8) is 0 Å².